The predicted molar refractivity (Wildman–Crippen MR) is 80.5 cm³/mol. The molecular formula is C14H16N4O2S. The predicted octanol–water partition coefficient (Wildman–Crippen LogP) is 1.79. The van der Waals surface area contributed by atoms with E-state index in [1.54, 1.807) is 22.0 Å². The van der Waals surface area contributed by atoms with Gasteiger partial charge in [-0.15, -0.1) is 11.3 Å². The molecule has 110 valence electrons. The van der Waals surface area contributed by atoms with Gasteiger partial charge in [-0.05, 0) is 12.1 Å². The van der Waals surface area contributed by atoms with Gasteiger partial charge in [0.05, 0.1) is 36.2 Å². The molecule has 1 saturated heterocycles. The largest absolute Gasteiger partial charge is 0.387 e. The number of amides is 1. The van der Waals surface area contributed by atoms with Crippen LogP contribution in [-0.2, 0) is 4.74 Å². The first-order chi connectivity index (χ1) is 10.3. The van der Waals surface area contributed by atoms with Gasteiger partial charge in [0.2, 0.25) is 0 Å². The number of pyridine rings is 1. The third-order valence-corrected chi connectivity index (χ3v) is 4.00. The Morgan fingerprint density at radius 1 is 1.48 bits per heavy atom. The molecule has 1 N–H and O–H groups in total. The van der Waals surface area contributed by atoms with Crippen molar-refractivity contribution in [2.75, 3.05) is 32.1 Å². The van der Waals surface area contributed by atoms with E-state index in [0.717, 1.165) is 11.4 Å². The van der Waals surface area contributed by atoms with Crippen LogP contribution in [0.3, 0.4) is 0 Å². The van der Waals surface area contributed by atoms with Gasteiger partial charge in [0, 0.05) is 19.0 Å². The first kappa shape index (κ1) is 14.0. The Labute approximate surface area is 126 Å². The summed E-state index contributed by atoms with van der Waals surface area (Å²) in [6.07, 6.45) is 1.58. The topological polar surface area (TPSA) is 67.4 Å². The number of aromatic nitrogens is 2. The summed E-state index contributed by atoms with van der Waals surface area (Å²) in [7, 11) is 1.85. The summed E-state index contributed by atoms with van der Waals surface area (Å²) < 4.78 is 5.74. The highest BCUT2D eigenvalue weighted by molar-refractivity contribution is 7.07. The molecule has 2 aromatic heterocycles. The fourth-order valence-corrected chi connectivity index (χ4v) is 2.76. The summed E-state index contributed by atoms with van der Waals surface area (Å²) in [5.41, 5.74) is 3.96. The molecule has 0 spiro atoms. The van der Waals surface area contributed by atoms with Gasteiger partial charge in [0.1, 0.15) is 11.8 Å². The summed E-state index contributed by atoms with van der Waals surface area (Å²) in [5, 5.41) is 4.80. The van der Waals surface area contributed by atoms with E-state index in [-0.39, 0.29) is 12.0 Å². The van der Waals surface area contributed by atoms with Crippen molar-refractivity contribution in [2.45, 2.75) is 6.10 Å². The zero-order chi connectivity index (χ0) is 14.7. The van der Waals surface area contributed by atoms with E-state index in [0.29, 0.717) is 25.4 Å². The van der Waals surface area contributed by atoms with Crippen molar-refractivity contribution >= 4 is 22.9 Å². The van der Waals surface area contributed by atoms with Gasteiger partial charge < -0.3 is 15.0 Å². The van der Waals surface area contributed by atoms with Gasteiger partial charge in [0.15, 0.2) is 0 Å². The zero-order valence-corrected chi connectivity index (χ0v) is 12.5. The highest BCUT2D eigenvalue weighted by Crippen LogP contribution is 2.22. The van der Waals surface area contributed by atoms with Gasteiger partial charge in [0.25, 0.3) is 5.91 Å². The molecule has 1 atom stereocenters. The van der Waals surface area contributed by atoms with Gasteiger partial charge in [-0.25, -0.2) is 4.98 Å². The molecule has 7 heteroatoms. The molecule has 2 aromatic rings. The lowest BCUT2D eigenvalue weighted by Crippen LogP contribution is -2.42. The van der Waals surface area contributed by atoms with Crippen LogP contribution in [0, 0.1) is 0 Å². The molecule has 3 rings (SSSR count). The van der Waals surface area contributed by atoms with E-state index in [4.69, 9.17) is 4.74 Å². The van der Waals surface area contributed by atoms with Gasteiger partial charge in [-0.2, -0.15) is 0 Å². The fraction of sp³-hybridized carbons (Fsp3) is 0.357. The molecule has 0 radical (unpaired) electrons. The average Bonchev–Trinajstić information content (AvgIpc) is 3.09. The zero-order valence-electron chi connectivity index (χ0n) is 11.7. The lowest BCUT2D eigenvalue weighted by atomic mass is 10.1. The number of hydrogen-bond donors (Lipinski definition) is 1. The van der Waals surface area contributed by atoms with Crippen molar-refractivity contribution in [3.05, 3.63) is 40.6 Å². The molecular weight excluding hydrogens is 288 g/mol. The number of rotatable bonds is 3. The van der Waals surface area contributed by atoms with Crippen LogP contribution in [0.25, 0.3) is 0 Å². The van der Waals surface area contributed by atoms with Crippen LogP contribution in [0.4, 0.5) is 5.69 Å². The van der Waals surface area contributed by atoms with E-state index >= 15 is 0 Å². The lowest BCUT2D eigenvalue weighted by Gasteiger charge is -2.32. The molecule has 6 nitrogen and oxygen atoms in total. The average molecular weight is 304 g/mol. The SMILES string of the molecule is CNc1ccc([C@H]2CN(C(=O)c3cscn3)CCO2)nc1. The van der Waals surface area contributed by atoms with Crippen LogP contribution in [0.5, 0.6) is 0 Å². The van der Waals surface area contributed by atoms with E-state index in [1.807, 2.05) is 19.2 Å². The number of hydrogen-bond acceptors (Lipinski definition) is 6. The first-order valence-corrected chi connectivity index (χ1v) is 7.65. The Kier molecular flexibility index (Phi) is 4.12. The molecule has 3 heterocycles. The number of carbonyl (C=O) groups is 1. The fourth-order valence-electron chi connectivity index (χ4n) is 2.24. The van der Waals surface area contributed by atoms with Crippen molar-refractivity contribution in [1.29, 1.82) is 0 Å². The molecule has 0 aliphatic carbocycles. The highest BCUT2D eigenvalue weighted by atomic mass is 32.1. The monoisotopic (exact) mass is 304 g/mol. The standard InChI is InChI=1S/C14H16N4O2S/c1-15-10-2-3-11(16-6-10)13-7-18(4-5-20-13)14(19)12-8-21-9-17-12/h2-3,6,8-9,13,15H,4-5,7H2,1H3/t13-/m1/s1. The summed E-state index contributed by atoms with van der Waals surface area (Å²) in [6, 6.07) is 3.88. The molecule has 0 unspecified atom stereocenters. The molecule has 0 bridgehead atoms. The maximum atomic E-state index is 12.3. The molecule has 1 aliphatic rings. The highest BCUT2D eigenvalue weighted by Gasteiger charge is 2.27. The summed E-state index contributed by atoms with van der Waals surface area (Å²) in [4.78, 5) is 22.6. The molecule has 1 fully saturated rings. The Morgan fingerprint density at radius 3 is 3.05 bits per heavy atom. The molecule has 0 aromatic carbocycles. The number of ether oxygens (including phenoxy) is 1. The maximum Gasteiger partial charge on any atom is 0.273 e. The van der Waals surface area contributed by atoms with Crippen molar-refractivity contribution in [1.82, 2.24) is 14.9 Å². The minimum Gasteiger partial charge on any atom is -0.387 e. The second-order valence-electron chi connectivity index (χ2n) is 4.71. The number of nitrogens with one attached hydrogen (secondary N) is 1. The number of carbonyl (C=O) groups excluding carboxylic acids is 1. The second kappa shape index (κ2) is 6.19. The van der Waals surface area contributed by atoms with E-state index in [1.165, 1.54) is 11.3 Å². The molecule has 1 amide bonds. The molecule has 0 saturated carbocycles. The van der Waals surface area contributed by atoms with Gasteiger partial charge in [-0.1, -0.05) is 0 Å². The van der Waals surface area contributed by atoms with Crippen LogP contribution in [-0.4, -0.2) is 47.5 Å². The minimum atomic E-state index is -0.188. The van der Waals surface area contributed by atoms with Crippen LogP contribution in [0.1, 0.15) is 22.3 Å². The Hall–Kier alpha value is -1.99. The number of nitrogens with zero attached hydrogens (tertiary/aromatic N) is 3. The quantitative estimate of drug-likeness (QED) is 0.936. The summed E-state index contributed by atoms with van der Waals surface area (Å²) in [6.45, 7) is 1.60. The Balaban J connectivity index is 1.71. The normalized spacial score (nSPS) is 18.5. The third kappa shape index (κ3) is 3.03. The summed E-state index contributed by atoms with van der Waals surface area (Å²) in [5.74, 6) is -0.0450. The molecule has 21 heavy (non-hydrogen) atoms. The maximum absolute atomic E-state index is 12.3. The number of anilines is 1. The third-order valence-electron chi connectivity index (χ3n) is 3.41. The molecule has 1 aliphatic heterocycles. The smallest absolute Gasteiger partial charge is 0.273 e. The van der Waals surface area contributed by atoms with Gasteiger partial charge in [-0.3, -0.25) is 9.78 Å². The first-order valence-electron chi connectivity index (χ1n) is 6.70. The minimum absolute atomic E-state index is 0.0450. The Morgan fingerprint density at radius 2 is 2.38 bits per heavy atom. The van der Waals surface area contributed by atoms with Crippen LogP contribution < -0.4 is 5.32 Å². The summed E-state index contributed by atoms with van der Waals surface area (Å²) >= 11 is 1.42. The van der Waals surface area contributed by atoms with Crippen LogP contribution in [0.15, 0.2) is 29.2 Å². The van der Waals surface area contributed by atoms with Gasteiger partial charge >= 0.3 is 0 Å². The van der Waals surface area contributed by atoms with Crippen molar-refractivity contribution in [2.24, 2.45) is 0 Å². The van der Waals surface area contributed by atoms with E-state index in [9.17, 15) is 4.79 Å². The van der Waals surface area contributed by atoms with E-state index in [2.05, 4.69) is 15.3 Å². The second-order valence-corrected chi connectivity index (χ2v) is 5.42. The van der Waals surface area contributed by atoms with Crippen LogP contribution >= 0.6 is 11.3 Å². The van der Waals surface area contributed by atoms with Crippen molar-refractivity contribution in [3.63, 3.8) is 0 Å². The van der Waals surface area contributed by atoms with Crippen molar-refractivity contribution < 1.29 is 9.53 Å². The number of morpholine rings is 1. The van der Waals surface area contributed by atoms with Crippen molar-refractivity contribution in [3.8, 4) is 0 Å². The van der Waals surface area contributed by atoms with Crippen LogP contribution in [0.2, 0.25) is 0 Å². The lowest BCUT2D eigenvalue weighted by molar-refractivity contribution is -0.0248. The Bertz CT molecular complexity index is 600. The van der Waals surface area contributed by atoms with E-state index < -0.39 is 0 Å². The number of thiazole rings is 1.